The molecule has 1 atom stereocenters. The summed E-state index contributed by atoms with van der Waals surface area (Å²) in [5, 5.41) is 8.28. The van der Waals surface area contributed by atoms with Crippen LogP contribution in [0.2, 0.25) is 0 Å². The van der Waals surface area contributed by atoms with E-state index in [-0.39, 0.29) is 11.9 Å². The Bertz CT molecular complexity index is 1100. The molecule has 4 aromatic rings. The van der Waals surface area contributed by atoms with E-state index in [1.807, 2.05) is 37.3 Å². The van der Waals surface area contributed by atoms with Crippen molar-refractivity contribution >= 4 is 39.0 Å². The highest BCUT2D eigenvalue weighted by Gasteiger charge is 2.23. The third-order valence-electron chi connectivity index (χ3n) is 5.08. The first kappa shape index (κ1) is 17.8. The monoisotopic (exact) mass is 379 g/mol. The highest BCUT2D eigenvalue weighted by Crippen LogP contribution is 2.31. The molecule has 4 rings (SSSR count). The molecule has 0 aliphatic carbocycles. The molecule has 27 heavy (non-hydrogen) atoms. The first-order valence-corrected chi connectivity index (χ1v) is 9.96. The molecule has 138 valence electrons. The van der Waals surface area contributed by atoms with Gasteiger partial charge in [-0.15, -0.1) is 11.3 Å². The number of benzene rings is 2. The second kappa shape index (κ2) is 7.18. The zero-order chi connectivity index (χ0) is 19.0. The largest absolute Gasteiger partial charge is 0.450 e. The summed E-state index contributed by atoms with van der Waals surface area (Å²) in [7, 11) is 4.21. The average molecular weight is 380 g/mol. The van der Waals surface area contributed by atoms with Crippen LogP contribution < -0.4 is 10.2 Å². The van der Waals surface area contributed by atoms with Gasteiger partial charge in [0.25, 0.3) is 5.91 Å². The number of nitrogens with one attached hydrogen (secondary N) is 2. The van der Waals surface area contributed by atoms with Crippen LogP contribution in [0.3, 0.4) is 0 Å². The lowest BCUT2D eigenvalue weighted by molar-refractivity contribution is -0.890. The van der Waals surface area contributed by atoms with E-state index < -0.39 is 0 Å². The van der Waals surface area contributed by atoms with Gasteiger partial charge in [0.1, 0.15) is 11.6 Å². The maximum atomic E-state index is 12.9. The smallest absolute Gasteiger partial charge is 0.287 e. The molecule has 5 heteroatoms. The predicted molar refractivity (Wildman–Crippen MR) is 111 cm³/mol. The van der Waals surface area contributed by atoms with Crippen LogP contribution in [0, 0.1) is 6.92 Å². The molecule has 0 spiro atoms. The number of carbonyl (C=O) groups excluding carboxylic acids is 1. The summed E-state index contributed by atoms with van der Waals surface area (Å²) < 4.78 is 6.04. The van der Waals surface area contributed by atoms with Crippen LogP contribution in [0.25, 0.3) is 21.7 Å². The van der Waals surface area contributed by atoms with E-state index in [0.29, 0.717) is 12.3 Å². The van der Waals surface area contributed by atoms with Gasteiger partial charge >= 0.3 is 0 Å². The van der Waals surface area contributed by atoms with E-state index in [9.17, 15) is 4.79 Å². The molecule has 0 saturated carbocycles. The van der Waals surface area contributed by atoms with E-state index in [2.05, 4.69) is 43.0 Å². The standard InChI is InChI=1S/C22H22N2O2S/c1-14-16-11-10-15-7-4-5-8-17(15)21(16)26-20(14)22(25)23-13-18(24(2)3)19-9-6-12-27-19/h4-12,18H,13H2,1-3H3,(H,23,25)/p+1/t18-/m1/s1. The van der Waals surface area contributed by atoms with Gasteiger partial charge in [0, 0.05) is 16.3 Å². The number of hydrogen-bond donors (Lipinski definition) is 2. The Labute approximate surface area is 162 Å². The number of amides is 1. The zero-order valence-corrected chi connectivity index (χ0v) is 16.5. The van der Waals surface area contributed by atoms with Crippen molar-refractivity contribution in [1.29, 1.82) is 0 Å². The molecule has 0 saturated heterocycles. The van der Waals surface area contributed by atoms with Crippen molar-refractivity contribution in [2.45, 2.75) is 13.0 Å². The second-order valence-electron chi connectivity index (χ2n) is 7.07. The summed E-state index contributed by atoms with van der Waals surface area (Å²) in [5.41, 5.74) is 1.67. The van der Waals surface area contributed by atoms with Crippen LogP contribution >= 0.6 is 11.3 Å². The number of hydrogen-bond acceptors (Lipinski definition) is 3. The molecule has 1 amide bonds. The molecule has 4 nitrogen and oxygen atoms in total. The van der Waals surface area contributed by atoms with Gasteiger partial charge in [-0.1, -0.05) is 42.5 Å². The lowest BCUT2D eigenvalue weighted by Gasteiger charge is -2.20. The summed E-state index contributed by atoms with van der Waals surface area (Å²) in [4.78, 5) is 15.4. The number of furan rings is 1. The second-order valence-corrected chi connectivity index (χ2v) is 8.05. The summed E-state index contributed by atoms with van der Waals surface area (Å²) in [6.07, 6.45) is 0. The number of rotatable bonds is 5. The fraction of sp³-hybridized carbons (Fsp3) is 0.227. The summed E-state index contributed by atoms with van der Waals surface area (Å²) in [6.45, 7) is 2.52. The van der Waals surface area contributed by atoms with Crippen LogP contribution in [-0.2, 0) is 0 Å². The predicted octanol–water partition coefficient (Wildman–Crippen LogP) is 3.57. The third-order valence-corrected chi connectivity index (χ3v) is 6.07. The Balaban J connectivity index is 1.63. The number of carbonyl (C=O) groups is 1. The van der Waals surface area contributed by atoms with Crippen molar-refractivity contribution in [2.24, 2.45) is 0 Å². The zero-order valence-electron chi connectivity index (χ0n) is 15.7. The van der Waals surface area contributed by atoms with E-state index in [0.717, 1.165) is 27.3 Å². The Morgan fingerprint density at radius 2 is 1.93 bits per heavy atom. The SMILES string of the molecule is Cc1c(C(=O)NC[C@H](c2cccs2)[NH+](C)C)oc2c1ccc1ccccc12. The molecule has 2 aromatic carbocycles. The molecule has 0 fully saturated rings. The van der Waals surface area contributed by atoms with Crippen LogP contribution in [0.1, 0.15) is 27.0 Å². The molecule has 0 bridgehead atoms. The molecule has 0 unspecified atom stereocenters. The highest BCUT2D eigenvalue weighted by atomic mass is 32.1. The lowest BCUT2D eigenvalue weighted by Crippen LogP contribution is -3.06. The lowest BCUT2D eigenvalue weighted by atomic mass is 10.1. The minimum atomic E-state index is -0.157. The Kier molecular flexibility index (Phi) is 4.72. The van der Waals surface area contributed by atoms with Crippen LogP contribution in [0.4, 0.5) is 0 Å². The normalized spacial score (nSPS) is 12.7. The summed E-state index contributed by atoms with van der Waals surface area (Å²) in [6, 6.07) is 16.6. The van der Waals surface area contributed by atoms with E-state index in [4.69, 9.17) is 4.42 Å². The van der Waals surface area contributed by atoms with Gasteiger partial charge in [-0.3, -0.25) is 4.79 Å². The quantitative estimate of drug-likeness (QED) is 0.557. The van der Waals surface area contributed by atoms with Gasteiger partial charge < -0.3 is 14.6 Å². The van der Waals surface area contributed by atoms with Gasteiger partial charge in [-0.25, -0.2) is 0 Å². The van der Waals surface area contributed by atoms with E-state index >= 15 is 0 Å². The Morgan fingerprint density at radius 3 is 2.67 bits per heavy atom. The highest BCUT2D eigenvalue weighted by molar-refractivity contribution is 7.10. The minimum absolute atomic E-state index is 0.157. The van der Waals surface area contributed by atoms with Crippen molar-refractivity contribution in [3.63, 3.8) is 0 Å². The van der Waals surface area contributed by atoms with Gasteiger partial charge in [0.05, 0.1) is 25.5 Å². The first-order chi connectivity index (χ1) is 13.1. The van der Waals surface area contributed by atoms with Gasteiger partial charge in [-0.05, 0) is 23.8 Å². The maximum absolute atomic E-state index is 12.9. The molecule has 0 radical (unpaired) electrons. The van der Waals surface area contributed by atoms with Crippen LogP contribution in [-0.4, -0.2) is 26.5 Å². The fourth-order valence-corrected chi connectivity index (χ4v) is 4.47. The number of fused-ring (bicyclic) bond motifs is 3. The molecule has 0 aliphatic heterocycles. The Morgan fingerprint density at radius 1 is 1.11 bits per heavy atom. The number of quaternary nitrogens is 1. The molecular formula is C22H23N2O2S+. The maximum Gasteiger partial charge on any atom is 0.287 e. The summed E-state index contributed by atoms with van der Waals surface area (Å²) in [5.74, 6) is 0.246. The van der Waals surface area contributed by atoms with Crippen molar-refractivity contribution in [2.75, 3.05) is 20.6 Å². The van der Waals surface area contributed by atoms with Crippen LogP contribution in [0.5, 0.6) is 0 Å². The minimum Gasteiger partial charge on any atom is -0.450 e. The topological polar surface area (TPSA) is 46.7 Å². The van der Waals surface area contributed by atoms with Crippen LogP contribution in [0.15, 0.2) is 58.3 Å². The third kappa shape index (κ3) is 3.24. The molecule has 2 aromatic heterocycles. The number of aryl methyl sites for hydroxylation is 1. The van der Waals surface area contributed by atoms with Crippen molar-refractivity contribution in [3.05, 3.63) is 70.1 Å². The fourth-order valence-electron chi connectivity index (χ4n) is 3.52. The van der Waals surface area contributed by atoms with Crippen molar-refractivity contribution < 1.29 is 14.1 Å². The first-order valence-electron chi connectivity index (χ1n) is 9.08. The van der Waals surface area contributed by atoms with Crippen molar-refractivity contribution in [3.8, 4) is 0 Å². The summed E-state index contributed by atoms with van der Waals surface area (Å²) >= 11 is 1.72. The number of likely N-dealkylation sites (N-methyl/N-ethyl adjacent to an activating group) is 1. The average Bonchev–Trinajstić information content (AvgIpc) is 3.30. The number of thiophene rings is 1. The van der Waals surface area contributed by atoms with Gasteiger partial charge in [0.2, 0.25) is 0 Å². The molecule has 0 aliphatic rings. The Hall–Kier alpha value is -2.63. The van der Waals surface area contributed by atoms with Gasteiger partial charge in [-0.2, -0.15) is 0 Å². The molecule has 2 heterocycles. The molecular weight excluding hydrogens is 356 g/mol. The van der Waals surface area contributed by atoms with E-state index in [1.54, 1.807) is 11.3 Å². The van der Waals surface area contributed by atoms with Crippen molar-refractivity contribution in [1.82, 2.24) is 5.32 Å². The van der Waals surface area contributed by atoms with E-state index in [1.165, 1.54) is 9.78 Å². The van der Waals surface area contributed by atoms with Gasteiger partial charge in [0.15, 0.2) is 5.76 Å². The molecule has 2 N–H and O–H groups in total.